The molecule has 0 fully saturated rings. The summed E-state index contributed by atoms with van der Waals surface area (Å²) in [4.78, 5) is 5.30. The molecule has 0 radical (unpaired) electrons. The number of hydrogen-bond acceptors (Lipinski definition) is 4. The highest BCUT2D eigenvalue weighted by Gasteiger charge is 2.05. The largest absolute Gasteiger partial charge is 0.469 e. The Labute approximate surface area is 93.2 Å². The predicted octanol–water partition coefficient (Wildman–Crippen LogP) is 2.46. The van der Waals surface area contributed by atoms with Crippen LogP contribution in [-0.4, -0.2) is 11.0 Å². The van der Waals surface area contributed by atoms with Crippen molar-refractivity contribution < 1.29 is 4.42 Å². The van der Waals surface area contributed by atoms with Crippen LogP contribution in [0.5, 0.6) is 0 Å². The average Bonchev–Trinajstić information content (AvgIpc) is 2.86. The first kappa shape index (κ1) is 10.4. The van der Waals surface area contributed by atoms with E-state index < -0.39 is 0 Å². The molecule has 0 saturated heterocycles. The van der Waals surface area contributed by atoms with Gasteiger partial charge in [-0.15, -0.1) is 11.3 Å². The zero-order valence-electron chi connectivity index (χ0n) is 8.64. The van der Waals surface area contributed by atoms with Crippen LogP contribution in [0.25, 0.3) is 0 Å². The highest BCUT2D eigenvalue weighted by atomic mass is 32.1. The van der Waals surface area contributed by atoms with E-state index in [0.717, 1.165) is 18.7 Å². The van der Waals surface area contributed by atoms with Gasteiger partial charge >= 0.3 is 0 Å². The molecule has 0 spiro atoms. The summed E-state index contributed by atoms with van der Waals surface area (Å²) in [6.45, 7) is 3.04. The third-order valence-corrected chi connectivity index (χ3v) is 2.98. The third-order valence-electron chi connectivity index (χ3n) is 2.20. The zero-order chi connectivity index (χ0) is 10.5. The van der Waals surface area contributed by atoms with Gasteiger partial charge < -0.3 is 9.73 Å². The number of aromatic nitrogens is 1. The summed E-state index contributed by atoms with van der Waals surface area (Å²) in [7, 11) is 0. The van der Waals surface area contributed by atoms with E-state index in [4.69, 9.17) is 4.42 Å². The first-order valence-electron chi connectivity index (χ1n) is 4.98. The number of furan rings is 1. The lowest BCUT2D eigenvalue weighted by Gasteiger charge is -2.10. The van der Waals surface area contributed by atoms with E-state index in [2.05, 4.69) is 17.2 Å². The Morgan fingerprint density at radius 3 is 3.20 bits per heavy atom. The average molecular weight is 222 g/mol. The molecule has 1 atom stereocenters. The molecule has 3 nitrogen and oxygen atoms in total. The quantitative estimate of drug-likeness (QED) is 0.844. The molecule has 80 valence electrons. The van der Waals surface area contributed by atoms with E-state index in [9.17, 15) is 0 Å². The van der Waals surface area contributed by atoms with E-state index in [1.165, 1.54) is 4.88 Å². The van der Waals surface area contributed by atoms with Crippen molar-refractivity contribution in [3.8, 4) is 0 Å². The first-order valence-corrected chi connectivity index (χ1v) is 5.85. The lowest BCUT2D eigenvalue weighted by Crippen LogP contribution is -2.26. The smallest absolute Gasteiger partial charge is 0.105 e. The van der Waals surface area contributed by atoms with Crippen LogP contribution in [-0.2, 0) is 13.0 Å². The maximum Gasteiger partial charge on any atom is 0.105 e. The van der Waals surface area contributed by atoms with Crippen molar-refractivity contribution in [1.82, 2.24) is 10.3 Å². The molecule has 2 aromatic rings. The van der Waals surface area contributed by atoms with Gasteiger partial charge in [-0.05, 0) is 19.1 Å². The fourth-order valence-corrected chi connectivity index (χ4v) is 1.95. The third kappa shape index (κ3) is 3.18. The topological polar surface area (TPSA) is 38.1 Å². The molecule has 0 aliphatic rings. The van der Waals surface area contributed by atoms with E-state index in [0.29, 0.717) is 6.04 Å². The van der Waals surface area contributed by atoms with E-state index >= 15 is 0 Å². The number of nitrogens with zero attached hydrogens (tertiary/aromatic N) is 1. The summed E-state index contributed by atoms with van der Waals surface area (Å²) in [6, 6.07) is 4.34. The van der Waals surface area contributed by atoms with Gasteiger partial charge in [0.25, 0.3) is 0 Å². The molecule has 0 saturated carbocycles. The minimum Gasteiger partial charge on any atom is -0.469 e. The number of nitrogens with one attached hydrogen (secondary N) is 1. The summed E-state index contributed by atoms with van der Waals surface area (Å²) in [5, 5.41) is 3.43. The Kier molecular flexibility index (Phi) is 3.53. The zero-order valence-corrected chi connectivity index (χ0v) is 9.46. The van der Waals surface area contributed by atoms with E-state index in [1.54, 1.807) is 17.6 Å². The van der Waals surface area contributed by atoms with E-state index in [1.807, 2.05) is 23.8 Å². The molecule has 15 heavy (non-hydrogen) atoms. The predicted molar refractivity (Wildman–Crippen MR) is 60.8 cm³/mol. The Balaban J connectivity index is 1.76. The Morgan fingerprint density at radius 1 is 1.60 bits per heavy atom. The van der Waals surface area contributed by atoms with Crippen LogP contribution >= 0.6 is 11.3 Å². The monoisotopic (exact) mass is 222 g/mol. The molecule has 2 rings (SSSR count). The van der Waals surface area contributed by atoms with Gasteiger partial charge in [-0.2, -0.15) is 0 Å². The molecule has 2 aromatic heterocycles. The number of thiazole rings is 1. The second kappa shape index (κ2) is 5.09. The van der Waals surface area contributed by atoms with Crippen molar-refractivity contribution in [1.29, 1.82) is 0 Å². The maximum absolute atomic E-state index is 5.29. The molecule has 0 bridgehead atoms. The minimum absolute atomic E-state index is 0.415. The summed E-state index contributed by atoms with van der Waals surface area (Å²) >= 11 is 1.68. The molecular weight excluding hydrogens is 208 g/mol. The molecule has 0 aliphatic heterocycles. The minimum atomic E-state index is 0.415. The van der Waals surface area contributed by atoms with E-state index in [-0.39, 0.29) is 0 Å². The van der Waals surface area contributed by atoms with Crippen LogP contribution in [0, 0.1) is 0 Å². The fraction of sp³-hybridized carbons (Fsp3) is 0.364. The molecular formula is C11H14N2OS. The van der Waals surface area contributed by atoms with Gasteiger partial charge in [0.2, 0.25) is 0 Å². The van der Waals surface area contributed by atoms with Crippen molar-refractivity contribution >= 4 is 11.3 Å². The van der Waals surface area contributed by atoms with Gasteiger partial charge in [0.05, 0.1) is 11.8 Å². The highest BCUT2D eigenvalue weighted by molar-refractivity contribution is 7.09. The number of rotatable bonds is 5. The molecule has 1 N–H and O–H groups in total. The summed E-state index contributed by atoms with van der Waals surface area (Å²) in [6.07, 6.45) is 4.54. The van der Waals surface area contributed by atoms with Gasteiger partial charge in [-0.3, -0.25) is 4.98 Å². The fourth-order valence-electron chi connectivity index (χ4n) is 1.41. The van der Waals surface area contributed by atoms with Gasteiger partial charge in [0, 0.05) is 30.1 Å². The van der Waals surface area contributed by atoms with Crippen LogP contribution in [0.4, 0.5) is 0 Å². The SMILES string of the molecule is CC(Cc1ccco1)NCc1cncs1. The van der Waals surface area contributed by atoms with Crippen molar-refractivity contribution in [2.45, 2.75) is 25.9 Å². The van der Waals surface area contributed by atoms with Gasteiger partial charge in [-0.1, -0.05) is 0 Å². The highest BCUT2D eigenvalue weighted by Crippen LogP contribution is 2.07. The molecule has 0 amide bonds. The first-order chi connectivity index (χ1) is 7.34. The maximum atomic E-state index is 5.29. The lowest BCUT2D eigenvalue weighted by molar-refractivity contribution is 0.457. The second-order valence-electron chi connectivity index (χ2n) is 3.53. The van der Waals surface area contributed by atoms with Crippen molar-refractivity contribution in [3.63, 3.8) is 0 Å². The van der Waals surface area contributed by atoms with Crippen LogP contribution < -0.4 is 5.32 Å². The van der Waals surface area contributed by atoms with Gasteiger partial charge in [0.1, 0.15) is 5.76 Å². The molecule has 0 aliphatic carbocycles. The Morgan fingerprint density at radius 2 is 2.53 bits per heavy atom. The van der Waals surface area contributed by atoms with Crippen molar-refractivity contribution in [3.05, 3.63) is 40.7 Å². The molecule has 2 heterocycles. The normalized spacial score (nSPS) is 12.9. The van der Waals surface area contributed by atoms with Crippen LogP contribution in [0.3, 0.4) is 0 Å². The van der Waals surface area contributed by atoms with Crippen LogP contribution in [0.1, 0.15) is 17.6 Å². The van der Waals surface area contributed by atoms with Gasteiger partial charge in [-0.25, -0.2) is 0 Å². The van der Waals surface area contributed by atoms with Crippen molar-refractivity contribution in [2.24, 2.45) is 0 Å². The van der Waals surface area contributed by atoms with Crippen molar-refractivity contribution in [2.75, 3.05) is 0 Å². The van der Waals surface area contributed by atoms with Crippen LogP contribution in [0.2, 0.25) is 0 Å². The van der Waals surface area contributed by atoms with Gasteiger partial charge in [0.15, 0.2) is 0 Å². The molecule has 4 heteroatoms. The summed E-state index contributed by atoms with van der Waals surface area (Å²) in [5.41, 5.74) is 1.86. The molecule has 0 aromatic carbocycles. The van der Waals surface area contributed by atoms with Crippen LogP contribution in [0.15, 0.2) is 34.5 Å². The number of hydrogen-bond donors (Lipinski definition) is 1. The summed E-state index contributed by atoms with van der Waals surface area (Å²) < 4.78 is 5.29. The standard InChI is InChI=1S/C11H14N2OS/c1-9(5-10-3-2-4-14-10)13-7-11-6-12-8-15-11/h2-4,6,8-9,13H,5,7H2,1H3. The Hall–Kier alpha value is -1.13. The Bertz CT molecular complexity index is 369. The molecule has 1 unspecified atom stereocenters. The summed E-state index contributed by atoms with van der Waals surface area (Å²) in [5.74, 6) is 1.03. The second-order valence-corrected chi connectivity index (χ2v) is 4.50. The lowest BCUT2D eigenvalue weighted by atomic mass is 10.2.